The smallest absolute Gasteiger partial charge is 0.250 e. The zero-order valence-electron chi connectivity index (χ0n) is 16.0. The third-order valence-corrected chi connectivity index (χ3v) is 5.16. The van der Waals surface area contributed by atoms with Gasteiger partial charge in [0.2, 0.25) is 5.91 Å². The van der Waals surface area contributed by atoms with Crippen LogP contribution < -0.4 is 5.56 Å². The Morgan fingerprint density at radius 3 is 2.78 bits per heavy atom. The van der Waals surface area contributed by atoms with Crippen molar-refractivity contribution in [3.8, 4) is 0 Å². The molecule has 1 atom stereocenters. The molecule has 144 valence electrons. The number of ketones is 1. The summed E-state index contributed by atoms with van der Waals surface area (Å²) >= 11 is 0. The zero-order valence-corrected chi connectivity index (χ0v) is 16.0. The summed E-state index contributed by atoms with van der Waals surface area (Å²) in [4.78, 5) is 44.5. The van der Waals surface area contributed by atoms with Gasteiger partial charge in [0.1, 0.15) is 0 Å². The second kappa shape index (κ2) is 7.85. The van der Waals surface area contributed by atoms with Crippen molar-refractivity contribution in [2.24, 2.45) is 0 Å². The third kappa shape index (κ3) is 4.15. The molecule has 2 aromatic heterocycles. The number of rotatable bonds is 5. The molecule has 1 saturated heterocycles. The Balaban J connectivity index is 1.64. The van der Waals surface area contributed by atoms with Crippen LogP contribution in [0.5, 0.6) is 0 Å². The number of amides is 1. The van der Waals surface area contributed by atoms with E-state index in [1.165, 1.54) is 19.3 Å². The van der Waals surface area contributed by atoms with Crippen molar-refractivity contribution < 1.29 is 9.59 Å². The number of Topliss-reactive ketones (excluding diaryl/α,β-unsaturated/α-hetero) is 1. The lowest BCUT2D eigenvalue weighted by Gasteiger charge is -2.32. The van der Waals surface area contributed by atoms with Gasteiger partial charge in [0.25, 0.3) is 5.56 Å². The fraction of sp³-hybridized carbons (Fsp3) is 0.526. The number of nitrogens with one attached hydrogen (secondary N) is 1. The highest BCUT2D eigenvalue weighted by Gasteiger charge is 2.26. The van der Waals surface area contributed by atoms with E-state index in [0.29, 0.717) is 37.3 Å². The Labute approximate surface area is 157 Å². The summed E-state index contributed by atoms with van der Waals surface area (Å²) in [6.07, 6.45) is 3.54. The van der Waals surface area contributed by atoms with Gasteiger partial charge in [-0.05, 0) is 33.6 Å². The van der Waals surface area contributed by atoms with Gasteiger partial charge < -0.3 is 9.88 Å². The predicted octanol–water partition coefficient (Wildman–Crippen LogP) is 1.58. The standard InChI is InChI=1S/C19H25N5O3/c1-12-19(14(3)25)13(2)24(22-12)8-6-18(27)23-7-4-5-15(10-23)16-9-17(26)21-11-20-16/h9,11,15H,4-8,10H2,1-3H3,(H,20,21,26)/t15-/m0/s1. The van der Waals surface area contributed by atoms with Gasteiger partial charge >= 0.3 is 0 Å². The van der Waals surface area contributed by atoms with Crippen LogP contribution in [0, 0.1) is 13.8 Å². The van der Waals surface area contributed by atoms with E-state index in [2.05, 4.69) is 15.1 Å². The van der Waals surface area contributed by atoms with Crippen LogP contribution >= 0.6 is 0 Å². The summed E-state index contributed by atoms with van der Waals surface area (Å²) in [5.41, 5.74) is 2.71. The molecule has 1 fully saturated rings. The molecule has 27 heavy (non-hydrogen) atoms. The lowest BCUT2D eigenvalue weighted by atomic mass is 9.94. The Kier molecular flexibility index (Phi) is 5.53. The molecule has 3 heterocycles. The first kappa shape index (κ1) is 19.0. The largest absolute Gasteiger partial charge is 0.342 e. The average Bonchev–Trinajstić information content (AvgIpc) is 2.93. The highest BCUT2D eigenvalue weighted by Crippen LogP contribution is 2.25. The Morgan fingerprint density at radius 1 is 1.33 bits per heavy atom. The molecule has 3 rings (SSSR count). The quantitative estimate of drug-likeness (QED) is 0.804. The molecule has 8 nitrogen and oxygen atoms in total. The van der Waals surface area contributed by atoms with Crippen molar-refractivity contribution in [2.75, 3.05) is 13.1 Å². The highest BCUT2D eigenvalue weighted by molar-refractivity contribution is 5.96. The van der Waals surface area contributed by atoms with Gasteiger partial charge in [0.05, 0.1) is 23.3 Å². The summed E-state index contributed by atoms with van der Waals surface area (Å²) in [6.45, 7) is 6.94. The predicted molar refractivity (Wildman–Crippen MR) is 99.7 cm³/mol. The highest BCUT2D eigenvalue weighted by atomic mass is 16.2. The van der Waals surface area contributed by atoms with Crippen molar-refractivity contribution >= 4 is 11.7 Å². The monoisotopic (exact) mass is 371 g/mol. The van der Waals surface area contributed by atoms with Crippen molar-refractivity contribution in [3.05, 3.63) is 45.4 Å². The minimum absolute atomic E-state index is 0.00760. The number of H-pyrrole nitrogens is 1. The van der Waals surface area contributed by atoms with Gasteiger partial charge in [-0.15, -0.1) is 0 Å². The number of piperidine rings is 1. The van der Waals surface area contributed by atoms with Crippen LogP contribution in [0.2, 0.25) is 0 Å². The molecule has 0 radical (unpaired) electrons. The van der Waals surface area contributed by atoms with E-state index in [1.54, 1.807) is 4.68 Å². The fourth-order valence-electron chi connectivity index (χ4n) is 3.84. The molecule has 2 aromatic rings. The van der Waals surface area contributed by atoms with Crippen LogP contribution in [0.3, 0.4) is 0 Å². The molecule has 0 unspecified atom stereocenters. The van der Waals surface area contributed by atoms with E-state index in [4.69, 9.17) is 0 Å². The number of carbonyl (C=O) groups is 2. The maximum Gasteiger partial charge on any atom is 0.250 e. The number of carbonyl (C=O) groups excluding carboxylic acids is 2. The molecule has 1 aliphatic heterocycles. The Morgan fingerprint density at radius 2 is 2.11 bits per heavy atom. The van der Waals surface area contributed by atoms with Crippen molar-refractivity contribution in [1.82, 2.24) is 24.6 Å². The minimum Gasteiger partial charge on any atom is -0.342 e. The van der Waals surface area contributed by atoms with Crippen molar-refractivity contribution in [3.63, 3.8) is 0 Å². The zero-order chi connectivity index (χ0) is 19.6. The van der Waals surface area contributed by atoms with E-state index < -0.39 is 0 Å². The summed E-state index contributed by atoms with van der Waals surface area (Å²) < 4.78 is 1.74. The summed E-state index contributed by atoms with van der Waals surface area (Å²) in [6, 6.07) is 1.51. The molecule has 1 amide bonds. The maximum absolute atomic E-state index is 12.7. The molecule has 1 N–H and O–H groups in total. The number of likely N-dealkylation sites (tertiary alicyclic amines) is 1. The second-order valence-corrected chi connectivity index (χ2v) is 7.09. The molecule has 0 aliphatic carbocycles. The Hall–Kier alpha value is -2.77. The van der Waals surface area contributed by atoms with E-state index in [0.717, 1.165) is 24.2 Å². The first-order valence-electron chi connectivity index (χ1n) is 9.24. The van der Waals surface area contributed by atoms with Gasteiger partial charge in [0.15, 0.2) is 5.78 Å². The van der Waals surface area contributed by atoms with Gasteiger partial charge in [-0.1, -0.05) is 0 Å². The summed E-state index contributed by atoms with van der Waals surface area (Å²) in [5, 5.41) is 4.40. The first-order chi connectivity index (χ1) is 12.9. The lowest BCUT2D eigenvalue weighted by Crippen LogP contribution is -2.39. The molecule has 1 aliphatic rings. The van der Waals surface area contributed by atoms with E-state index in [9.17, 15) is 14.4 Å². The number of aromatic nitrogens is 4. The van der Waals surface area contributed by atoms with Crippen LogP contribution in [0.1, 0.15) is 59.5 Å². The molecule has 0 bridgehead atoms. The normalized spacial score (nSPS) is 17.1. The van der Waals surface area contributed by atoms with Gasteiger partial charge in [0, 0.05) is 43.7 Å². The van der Waals surface area contributed by atoms with E-state index in [-0.39, 0.29) is 23.2 Å². The molecule has 0 spiro atoms. The molecular weight excluding hydrogens is 346 g/mol. The van der Waals surface area contributed by atoms with Crippen LogP contribution in [0.4, 0.5) is 0 Å². The SMILES string of the molecule is CC(=O)c1c(C)nn(CCC(=O)N2CCC[C@H](c3cc(=O)[nH]cn3)C2)c1C. The third-order valence-electron chi connectivity index (χ3n) is 5.16. The minimum atomic E-state index is -0.172. The maximum atomic E-state index is 12.7. The second-order valence-electron chi connectivity index (χ2n) is 7.09. The Bertz CT molecular complexity index is 914. The topological polar surface area (TPSA) is 101 Å². The number of aryl methyl sites for hydroxylation is 2. The van der Waals surface area contributed by atoms with Crippen molar-refractivity contribution in [1.29, 1.82) is 0 Å². The number of hydrogen-bond acceptors (Lipinski definition) is 5. The van der Waals surface area contributed by atoms with E-state index in [1.807, 2.05) is 18.7 Å². The van der Waals surface area contributed by atoms with Crippen molar-refractivity contribution in [2.45, 2.75) is 52.5 Å². The first-order valence-corrected chi connectivity index (χ1v) is 9.24. The number of nitrogens with zero attached hydrogens (tertiary/aromatic N) is 4. The summed E-state index contributed by atoms with van der Waals surface area (Å²) in [7, 11) is 0. The van der Waals surface area contributed by atoms with Gasteiger partial charge in [-0.25, -0.2) is 4.98 Å². The van der Waals surface area contributed by atoms with Gasteiger partial charge in [-0.3, -0.25) is 19.1 Å². The van der Waals surface area contributed by atoms with E-state index >= 15 is 0 Å². The van der Waals surface area contributed by atoms with Crippen LogP contribution in [0.15, 0.2) is 17.2 Å². The summed E-state index contributed by atoms with van der Waals surface area (Å²) in [5.74, 6) is 0.135. The van der Waals surface area contributed by atoms with Crippen LogP contribution in [-0.2, 0) is 11.3 Å². The lowest BCUT2D eigenvalue weighted by molar-refractivity contribution is -0.132. The molecular formula is C19H25N5O3. The van der Waals surface area contributed by atoms with Crippen LogP contribution in [0.25, 0.3) is 0 Å². The van der Waals surface area contributed by atoms with Gasteiger partial charge in [-0.2, -0.15) is 5.10 Å². The number of aromatic amines is 1. The van der Waals surface area contributed by atoms with Crippen LogP contribution in [-0.4, -0.2) is 49.4 Å². The molecule has 0 aromatic carbocycles. The fourth-order valence-corrected chi connectivity index (χ4v) is 3.84. The average molecular weight is 371 g/mol. The number of hydrogen-bond donors (Lipinski definition) is 1. The molecule has 8 heteroatoms. The molecule has 0 saturated carbocycles.